The van der Waals surface area contributed by atoms with Crippen molar-refractivity contribution in [1.82, 2.24) is 18.9 Å². The minimum atomic E-state index is -0.851. The molecular formula is C16H17ClN4O3. The summed E-state index contributed by atoms with van der Waals surface area (Å²) >= 11 is 6.08. The van der Waals surface area contributed by atoms with Gasteiger partial charge in [0.15, 0.2) is 6.04 Å². The van der Waals surface area contributed by atoms with Crippen LogP contribution in [0.3, 0.4) is 0 Å². The van der Waals surface area contributed by atoms with Crippen molar-refractivity contribution in [3.8, 4) is 11.3 Å². The molecule has 8 heteroatoms. The highest BCUT2D eigenvalue weighted by Gasteiger charge is 2.45. The number of carbonyl (C=O) groups excluding carboxylic acids is 2. The fraction of sp³-hybridized carbons (Fsp3) is 0.312. The number of hydrogen-bond donors (Lipinski definition) is 0. The molecule has 0 bridgehead atoms. The van der Waals surface area contributed by atoms with Gasteiger partial charge in [-0.1, -0.05) is 23.7 Å². The third-order valence-corrected chi connectivity index (χ3v) is 4.65. The molecule has 1 saturated heterocycles. The number of imidazole rings is 1. The molecule has 0 N–H and O–H groups in total. The van der Waals surface area contributed by atoms with Crippen LogP contribution in [0.15, 0.2) is 29.1 Å². The molecule has 2 aromatic rings. The highest BCUT2D eigenvalue weighted by atomic mass is 35.5. The Morgan fingerprint density at radius 2 is 1.67 bits per heavy atom. The van der Waals surface area contributed by atoms with E-state index in [9.17, 15) is 14.4 Å². The van der Waals surface area contributed by atoms with E-state index in [0.717, 1.165) is 4.90 Å². The average molecular weight is 349 g/mol. The van der Waals surface area contributed by atoms with Gasteiger partial charge >= 0.3 is 11.7 Å². The SMILES string of the molecule is CN1C(=O)C(c2c(-c3cccc(Cl)c3)n(C)c(=O)n2C)N(C)C1=O. The van der Waals surface area contributed by atoms with Crippen molar-refractivity contribution in [2.24, 2.45) is 14.1 Å². The van der Waals surface area contributed by atoms with E-state index in [-0.39, 0.29) is 11.6 Å². The van der Waals surface area contributed by atoms with E-state index in [2.05, 4.69) is 0 Å². The second-order valence-corrected chi connectivity index (χ2v) is 6.27. The number of aromatic nitrogens is 2. The molecule has 126 valence electrons. The molecule has 0 radical (unpaired) electrons. The van der Waals surface area contributed by atoms with Gasteiger partial charge in [-0.05, 0) is 12.1 Å². The molecular weight excluding hydrogens is 332 g/mol. The van der Waals surface area contributed by atoms with Crippen LogP contribution in [0.2, 0.25) is 5.02 Å². The van der Waals surface area contributed by atoms with Crippen molar-refractivity contribution >= 4 is 23.5 Å². The summed E-state index contributed by atoms with van der Waals surface area (Å²) in [4.78, 5) is 39.5. The van der Waals surface area contributed by atoms with Crippen LogP contribution in [0.25, 0.3) is 11.3 Å². The van der Waals surface area contributed by atoms with Crippen LogP contribution in [0.4, 0.5) is 4.79 Å². The number of urea groups is 1. The fourth-order valence-electron chi connectivity index (χ4n) is 3.14. The molecule has 1 fully saturated rings. The first-order valence-electron chi connectivity index (χ1n) is 7.31. The number of likely N-dealkylation sites (N-methyl/N-ethyl adjacent to an activating group) is 2. The second kappa shape index (κ2) is 5.52. The molecule has 7 nitrogen and oxygen atoms in total. The molecule has 0 saturated carbocycles. The van der Waals surface area contributed by atoms with Gasteiger partial charge in [-0.15, -0.1) is 0 Å². The zero-order chi connectivity index (χ0) is 17.8. The van der Waals surface area contributed by atoms with Gasteiger partial charge in [0.05, 0.1) is 11.4 Å². The van der Waals surface area contributed by atoms with Crippen molar-refractivity contribution in [3.63, 3.8) is 0 Å². The maximum Gasteiger partial charge on any atom is 0.328 e. The van der Waals surface area contributed by atoms with Crippen LogP contribution >= 0.6 is 11.6 Å². The van der Waals surface area contributed by atoms with Gasteiger partial charge < -0.3 is 4.90 Å². The number of amides is 3. The summed E-state index contributed by atoms with van der Waals surface area (Å²) in [7, 11) is 6.21. The number of imide groups is 1. The van der Waals surface area contributed by atoms with Gasteiger partial charge in [0.25, 0.3) is 5.91 Å². The fourth-order valence-corrected chi connectivity index (χ4v) is 3.33. The minimum absolute atomic E-state index is 0.275. The Morgan fingerprint density at radius 3 is 2.21 bits per heavy atom. The third kappa shape index (κ3) is 2.16. The van der Waals surface area contributed by atoms with Crippen molar-refractivity contribution in [2.45, 2.75) is 6.04 Å². The first-order chi connectivity index (χ1) is 11.3. The van der Waals surface area contributed by atoms with E-state index in [1.807, 2.05) is 6.07 Å². The van der Waals surface area contributed by atoms with Gasteiger partial charge in [-0.3, -0.25) is 18.8 Å². The van der Waals surface area contributed by atoms with E-state index in [0.29, 0.717) is 22.0 Å². The molecule has 0 spiro atoms. The first kappa shape index (κ1) is 16.3. The lowest BCUT2D eigenvalue weighted by Crippen LogP contribution is -2.28. The number of nitrogens with zero attached hydrogens (tertiary/aromatic N) is 4. The average Bonchev–Trinajstić information content (AvgIpc) is 2.88. The van der Waals surface area contributed by atoms with Crippen LogP contribution in [0, 0.1) is 0 Å². The number of benzene rings is 1. The molecule has 2 heterocycles. The molecule has 1 aromatic heterocycles. The molecule has 0 aliphatic carbocycles. The highest BCUT2D eigenvalue weighted by Crippen LogP contribution is 2.35. The normalized spacial score (nSPS) is 18.0. The summed E-state index contributed by atoms with van der Waals surface area (Å²) in [5.41, 5.74) is 1.47. The van der Waals surface area contributed by atoms with Crippen molar-refractivity contribution in [2.75, 3.05) is 14.1 Å². The van der Waals surface area contributed by atoms with E-state index in [4.69, 9.17) is 11.6 Å². The summed E-state index contributed by atoms with van der Waals surface area (Å²) < 4.78 is 2.87. The smallest absolute Gasteiger partial charge is 0.310 e. The summed E-state index contributed by atoms with van der Waals surface area (Å²) in [5.74, 6) is -0.369. The summed E-state index contributed by atoms with van der Waals surface area (Å²) in [6.45, 7) is 0. The van der Waals surface area contributed by atoms with Crippen LogP contribution < -0.4 is 5.69 Å². The van der Waals surface area contributed by atoms with Crippen LogP contribution in [0.5, 0.6) is 0 Å². The van der Waals surface area contributed by atoms with Gasteiger partial charge in [-0.2, -0.15) is 0 Å². The number of rotatable bonds is 2. The van der Waals surface area contributed by atoms with Gasteiger partial charge in [0.2, 0.25) is 0 Å². The van der Waals surface area contributed by atoms with Crippen molar-refractivity contribution in [1.29, 1.82) is 0 Å². The molecule has 1 aromatic carbocycles. The Morgan fingerprint density at radius 1 is 1.00 bits per heavy atom. The van der Waals surface area contributed by atoms with Crippen LogP contribution in [0.1, 0.15) is 11.7 Å². The highest BCUT2D eigenvalue weighted by molar-refractivity contribution is 6.30. The Bertz CT molecular complexity index is 915. The zero-order valence-electron chi connectivity index (χ0n) is 13.8. The Balaban J connectivity index is 2.30. The number of halogens is 1. The topological polar surface area (TPSA) is 67.6 Å². The van der Waals surface area contributed by atoms with Gasteiger partial charge in [-0.25, -0.2) is 9.59 Å². The lowest BCUT2D eigenvalue weighted by molar-refractivity contribution is -0.127. The molecule has 1 aliphatic heterocycles. The summed E-state index contributed by atoms with van der Waals surface area (Å²) in [6, 6.07) is 5.79. The predicted octanol–water partition coefficient (Wildman–Crippen LogP) is 1.61. The first-order valence-corrected chi connectivity index (χ1v) is 7.69. The Labute approximate surface area is 143 Å². The third-order valence-electron chi connectivity index (χ3n) is 4.41. The molecule has 3 amide bonds. The lowest BCUT2D eigenvalue weighted by Gasteiger charge is -2.18. The van der Waals surface area contributed by atoms with E-state index in [1.54, 1.807) is 39.3 Å². The monoisotopic (exact) mass is 348 g/mol. The molecule has 1 atom stereocenters. The predicted molar refractivity (Wildman–Crippen MR) is 89.8 cm³/mol. The van der Waals surface area contributed by atoms with Crippen LogP contribution in [-0.4, -0.2) is 45.0 Å². The van der Waals surface area contributed by atoms with Crippen molar-refractivity contribution < 1.29 is 9.59 Å². The molecule has 1 aliphatic rings. The van der Waals surface area contributed by atoms with E-state index < -0.39 is 12.1 Å². The largest absolute Gasteiger partial charge is 0.328 e. The van der Waals surface area contributed by atoms with Gasteiger partial charge in [0.1, 0.15) is 0 Å². The van der Waals surface area contributed by atoms with Crippen LogP contribution in [-0.2, 0) is 18.9 Å². The van der Waals surface area contributed by atoms with E-state index >= 15 is 0 Å². The second-order valence-electron chi connectivity index (χ2n) is 5.84. The summed E-state index contributed by atoms with van der Waals surface area (Å²) in [5, 5.41) is 0.522. The molecule has 1 unspecified atom stereocenters. The molecule has 3 rings (SSSR count). The maximum atomic E-state index is 12.6. The van der Waals surface area contributed by atoms with E-state index in [1.165, 1.54) is 21.1 Å². The standard InChI is InChI=1S/C16H17ClN4O3/c1-18-11(9-6-5-7-10(17)8-9)12(19(2)15(18)23)13-14(22)21(4)16(24)20(13)3/h5-8,13H,1-4H3. The Hall–Kier alpha value is -2.54. The minimum Gasteiger partial charge on any atom is -0.310 e. The lowest BCUT2D eigenvalue weighted by atomic mass is 10.0. The van der Waals surface area contributed by atoms with Crippen molar-refractivity contribution in [3.05, 3.63) is 45.5 Å². The van der Waals surface area contributed by atoms with Gasteiger partial charge in [0, 0.05) is 38.8 Å². The zero-order valence-corrected chi connectivity index (χ0v) is 14.5. The summed E-state index contributed by atoms with van der Waals surface area (Å²) in [6.07, 6.45) is 0. The Kier molecular flexibility index (Phi) is 3.76. The number of carbonyl (C=O) groups is 2. The number of hydrogen-bond acceptors (Lipinski definition) is 3. The maximum absolute atomic E-state index is 12.6. The quantitative estimate of drug-likeness (QED) is 0.774. The molecule has 24 heavy (non-hydrogen) atoms.